The van der Waals surface area contributed by atoms with Gasteiger partial charge in [-0.25, -0.2) is 4.79 Å². The van der Waals surface area contributed by atoms with Crippen LogP contribution < -0.4 is 4.74 Å². The van der Waals surface area contributed by atoms with E-state index >= 15 is 0 Å². The zero-order chi connectivity index (χ0) is 26.5. The number of likely N-dealkylation sites (tertiary alicyclic amines) is 1. The maximum absolute atomic E-state index is 13.1. The van der Waals surface area contributed by atoms with Crippen LogP contribution in [0.3, 0.4) is 0 Å². The number of carbonyl (C=O) groups excluding carboxylic acids is 1. The molecule has 2 heterocycles. The smallest absolute Gasteiger partial charge is 0.410 e. The molecule has 1 fully saturated rings. The van der Waals surface area contributed by atoms with Crippen molar-refractivity contribution in [3.63, 3.8) is 0 Å². The monoisotopic (exact) mass is 531 g/mol. The number of ether oxygens (including phenoxy) is 3. The van der Waals surface area contributed by atoms with E-state index in [1.54, 1.807) is 34.0 Å². The molecule has 1 saturated heterocycles. The lowest BCUT2D eigenvalue weighted by atomic mass is 10.0. The first-order valence-corrected chi connectivity index (χ1v) is 15.4. The molecule has 8 nitrogen and oxygen atoms in total. The summed E-state index contributed by atoms with van der Waals surface area (Å²) in [5.74, 6) is 0.570. The minimum absolute atomic E-state index is 0.0314. The van der Waals surface area contributed by atoms with Gasteiger partial charge in [-0.15, -0.1) is 0 Å². The van der Waals surface area contributed by atoms with Gasteiger partial charge < -0.3 is 18.6 Å². The van der Waals surface area contributed by atoms with E-state index in [1.165, 1.54) is 0 Å². The number of rotatable bonds is 8. The average Bonchev–Trinajstić information content (AvgIpc) is 3.41. The summed E-state index contributed by atoms with van der Waals surface area (Å²) in [5.41, 5.74) is 0.774. The van der Waals surface area contributed by atoms with E-state index in [0.717, 1.165) is 5.56 Å². The molecule has 3 rings (SSSR count). The Morgan fingerprint density at radius 2 is 2.00 bits per heavy atom. The van der Waals surface area contributed by atoms with Crippen LogP contribution in [0, 0.1) is 0 Å². The van der Waals surface area contributed by atoms with Crippen molar-refractivity contribution < 1.29 is 23.4 Å². The van der Waals surface area contributed by atoms with Gasteiger partial charge in [0, 0.05) is 37.6 Å². The minimum Gasteiger partial charge on any atom is -0.446 e. The highest BCUT2D eigenvalue weighted by Gasteiger charge is 2.47. The van der Waals surface area contributed by atoms with Crippen LogP contribution in [0.25, 0.3) is 0 Å². The Bertz CT molecular complexity index is 1050. The lowest BCUT2D eigenvalue weighted by molar-refractivity contribution is 0.0529. The largest absolute Gasteiger partial charge is 0.446 e. The van der Waals surface area contributed by atoms with E-state index in [2.05, 4.69) is 45.5 Å². The second kappa shape index (κ2) is 11.6. The Hall–Kier alpha value is -2.69. The van der Waals surface area contributed by atoms with E-state index in [9.17, 15) is 4.79 Å². The minimum atomic E-state index is -2.08. The molecule has 0 bridgehead atoms. The van der Waals surface area contributed by atoms with Crippen molar-refractivity contribution in [2.45, 2.75) is 63.6 Å². The SMILES string of the molecule is C=CCOC(=O)N1C[C@H](O[Si](C)(C)C(C)(C)C)C[C@H]1C(OC(=S)Oc1ccccc1)c1cnn(C)c1. The van der Waals surface area contributed by atoms with Gasteiger partial charge in [0.15, 0.2) is 14.4 Å². The molecule has 1 aromatic carbocycles. The van der Waals surface area contributed by atoms with Gasteiger partial charge in [0.2, 0.25) is 0 Å². The zero-order valence-electron chi connectivity index (χ0n) is 22.0. The lowest BCUT2D eigenvalue weighted by Crippen LogP contribution is -2.45. The molecule has 196 valence electrons. The average molecular weight is 532 g/mol. The van der Waals surface area contributed by atoms with Crippen LogP contribution in [0.15, 0.2) is 55.4 Å². The molecule has 3 atom stereocenters. The van der Waals surface area contributed by atoms with Crippen molar-refractivity contribution >= 4 is 31.9 Å². The standard InChI is InChI=1S/C26H37N3O5SSi/c1-8-14-31-24(30)29-18-21(34-36(6,7)26(2,3)4)15-22(29)23(19-16-27-28(5)17-19)33-25(35)32-20-12-10-9-11-13-20/h8-13,16-17,21-23H,1,14-15,18H2,2-7H3/t21-,22+,23?/m1/s1. The summed E-state index contributed by atoms with van der Waals surface area (Å²) in [6.45, 7) is 15.2. The number of hydrogen-bond donors (Lipinski definition) is 0. The van der Waals surface area contributed by atoms with Crippen LogP contribution in [0.5, 0.6) is 5.75 Å². The van der Waals surface area contributed by atoms with Crippen LogP contribution in [0.1, 0.15) is 38.9 Å². The van der Waals surface area contributed by atoms with Gasteiger partial charge >= 0.3 is 11.3 Å². The van der Waals surface area contributed by atoms with Crippen LogP contribution in [-0.4, -0.2) is 59.6 Å². The normalized spacial score (nSPS) is 19.0. The third-order valence-electron chi connectivity index (χ3n) is 6.70. The number of para-hydroxylation sites is 1. The Labute approximate surface area is 220 Å². The zero-order valence-corrected chi connectivity index (χ0v) is 23.8. The van der Waals surface area contributed by atoms with Gasteiger partial charge in [0.1, 0.15) is 12.4 Å². The quantitative estimate of drug-likeness (QED) is 0.248. The van der Waals surface area contributed by atoms with E-state index in [0.29, 0.717) is 18.7 Å². The van der Waals surface area contributed by atoms with E-state index < -0.39 is 26.6 Å². The van der Waals surface area contributed by atoms with Crippen molar-refractivity contribution in [1.29, 1.82) is 0 Å². The molecule has 1 aliphatic rings. The summed E-state index contributed by atoms with van der Waals surface area (Å²) in [6.07, 6.45) is 4.43. The van der Waals surface area contributed by atoms with Gasteiger partial charge in [-0.2, -0.15) is 5.10 Å². The van der Waals surface area contributed by atoms with Gasteiger partial charge in [0.25, 0.3) is 0 Å². The van der Waals surface area contributed by atoms with Gasteiger partial charge in [0.05, 0.1) is 18.3 Å². The first-order chi connectivity index (χ1) is 16.9. The Morgan fingerprint density at radius 3 is 2.58 bits per heavy atom. The summed E-state index contributed by atoms with van der Waals surface area (Å²) in [7, 11) is -0.258. The Morgan fingerprint density at radius 1 is 1.31 bits per heavy atom. The molecule has 1 unspecified atom stereocenters. The molecule has 1 aromatic heterocycles. The Kier molecular flexibility index (Phi) is 8.97. The van der Waals surface area contributed by atoms with E-state index in [-0.39, 0.29) is 23.0 Å². The molecule has 1 aliphatic heterocycles. The molecule has 0 spiro atoms. The third-order valence-corrected chi connectivity index (χ3v) is 11.4. The maximum Gasteiger partial charge on any atom is 0.410 e. The number of aryl methyl sites for hydroxylation is 1. The third kappa shape index (κ3) is 6.95. The molecule has 0 radical (unpaired) electrons. The van der Waals surface area contributed by atoms with Crippen molar-refractivity contribution in [1.82, 2.24) is 14.7 Å². The molecule has 36 heavy (non-hydrogen) atoms. The highest BCUT2D eigenvalue weighted by atomic mass is 32.1. The predicted molar refractivity (Wildman–Crippen MR) is 145 cm³/mol. The second-order valence-electron chi connectivity index (χ2n) is 10.5. The van der Waals surface area contributed by atoms with Crippen molar-refractivity contribution in [3.05, 3.63) is 60.9 Å². The molecule has 10 heteroatoms. The molecule has 0 aliphatic carbocycles. The summed E-state index contributed by atoms with van der Waals surface area (Å²) < 4.78 is 25.8. The summed E-state index contributed by atoms with van der Waals surface area (Å²) >= 11 is 5.45. The fraction of sp³-hybridized carbons (Fsp3) is 0.500. The molecule has 0 saturated carbocycles. The van der Waals surface area contributed by atoms with Crippen LogP contribution in [-0.2, 0) is 20.9 Å². The molecular formula is C26H37N3O5SSi. The van der Waals surface area contributed by atoms with Crippen LogP contribution in [0.2, 0.25) is 18.1 Å². The summed E-state index contributed by atoms with van der Waals surface area (Å²) in [4.78, 5) is 14.8. The summed E-state index contributed by atoms with van der Waals surface area (Å²) in [6, 6.07) is 8.79. The fourth-order valence-corrected chi connectivity index (χ4v) is 5.44. The number of amides is 1. The highest BCUT2D eigenvalue weighted by molar-refractivity contribution is 7.79. The second-order valence-corrected chi connectivity index (χ2v) is 15.6. The van der Waals surface area contributed by atoms with Crippen molar-refractivity contribution in [3.8, 4) is 5.75 Å². The number of hydrogen-bond acceptors (Lipinski definition) is 7. The number of aromatic nitrogens is 2. The number of nitrogens with zero attached hydrogens (tertiary/aromatic N) is 3. The van der Waals surface area contributed by atoms with E-state index in [4.69, 9.17) is 30.9 Å². The first-order valence-electron chi connectivity index (χ1n) is 12.1. The Balaban J connectivity index is 1.89. The first kappa shape index (κ1) is 27.9. The summed E-state index contributed by atoms with van der Waals surface area (Å²) in [5, 5.41) is 4.30. The van der Waals surface area contributed by atoms with Crippen molar-refractivity contribution in [2.24, 2.45) is 7.05 Å². The molecule has 0 N–H and O–H groups in total. The van der Waals surface area contributed by atoms with Crippen LogP contribution in [0.4, 0.5) is 4.79 Å². The molecule has 1 amide bonds. The van der Waals surface area contributed by atoms with Gasteiger partial charge in [-0.05, 0) is 36.7 Å². The number of carbonyl (C=O) groups is 1. The highest BCUT2D eigenvalue weighted by Crippen LogP contribution is 2.41. The predicted octanol–water partition coefficient (Wildman–Crippen LogP) is 5.63. The van der Waals surface area contributed by atoms with Gasteiger partial charge in [-0.1, -0.05) is 51.6 Å². The molecular weight excluding hydrogens is 494 g/mol. The van der Waals surface area contributed by atoms with Crippen LogP contribution >= 0.6 is 12.2 Å². The molecule has 2 aromatic rings. The maximum atomic E-state index is 13.1. The number of benzene rings is 1. The lowest BCUT2D eigenvalue weighted by Gasteiger charge is -2.38. The van der Waals surface area contributed by atoms with Crippen molar-refractivity contribution in [2.75, 3.05) is 13.2 Å². The van der Waals surface area contributed by atoms with E-state index in [1.807, 2.05) is 31.4 Å². The topological polar surface area (TPSA) is 75.1 Å². The van der Waals surface area contributed by atoms with Gasteiger partial charge in [-0.3, -0.25) is 9.58 Å². The fourth-order valence-electron chi connectivity index (χ4n) is 3.88. The number of thiocarbonyl (C=S) groups is 1.